The third-order valence-corrected chi connectivity index (χ3v) is 3.56. The molecule has 0 saturated carbocycles. The zero-order valence-corrected chi connectivity index (χ0v) is 14.0. The second-order valence-electron chi connectivity index (χ2n) is 4.62. The quantitative estimate of drug-likeness (QED) is 0.673. The van der Waals surface area contributed by atoms with E-state index < -0.39 is 44.2 Å². The first-order valence-electron chi connectivity index (χ1n) is 6.61. The Bertz CT molecular complexity index is 596. The van der Waals surface area contributed by atoms with Crippen LogP contribution in [0, 0.1) is 0 Å². The second kappa shape index (κ2) is 8.98. The summed E-state index contributed by atoms with van der Waals surface area (Å²) in [5.41, 5.74) is 0. The lowest BCUT2D eigenvalue weighted by Gasteiger charge is -2.22. The lowest BCUT2D eigenvalue weighted by Crippen LogP contribution is -2.41. The summed E-state index contributed by atoms with van der Waals surface area (Å²) in [6.07, 6.45) is -5.71. The molecule has 0 aliphatic heterocycles. The second-order valence-corrected chi connectivity index (χ2v) is 5.44. The smallest absolute Gasteiger partial charge is 0.390 e. The summed E-state index contributed by atoms with van der Waals surface area (Å²) in [6, 6.07) is 4.25. The van der Waals surface area contributed by atoms with Gasteiger partial charge in [-0.05, 0) is 12.1 Å². The Hall–Kier alpha value is -1.67. The molecule has 0 bridgehead atoms. The van der Waals surface area contributed by atoms with Crippen molar-refractivity contribution >= 4 is 35.1 Å². The average Bonchev–Trinajstić information content (AvgIpc) is 2.51. The Morgan fingerprint density at radius 3 is 2.42 bits per heavy atom. The summed E-state index contributed by atoms with van der Waals surface area (Å²) in [7, 11) is 1.07. The Kier molecular flexibility index (Phi) is 7.62. The topological polar surface area (TPSA) is 55.8 Å². The van der Waals surface area contributed by atoms with Crippen molar-refractivity contribution in [2.75, 3.05) is 26.8 Å². The molecule has 1 rings (SSSR count). The van der Waals surface area contributed by atoms with Gasteiger partial charge in [0, 0.05) is 12.6 Å². The van der Waals surface area contributed by atoms with Crippen LogP contribution < -0.4 is 4.74 Å². The lowest BCUT2D eigenvalue weighted by atomic mass is 10.3. The third kappa shape index (κ3) is 7.27. The van der Waals surface area contributed by atoms with Crippen LogP contribution in [0.3, 0.4) is 0 Å². The Labute approximate surface area is 146 Å². The molecule has 134 valence electrons. The largest absolute Gasteiger partial charge is 0.484 e. The molecule has 5 nitrogen and oxygen atoms in total. The Morgan fingerprint density at radius 2 is 1.88 bits per heavy atom. The molecule has 0 aliphatic rings. The van der Waals surface area contributed by atoms with Crippen molar-refractivity contribution in [1.82, 2.24) is 4.90 Å². The van der Waals surface area contributed by atoms with Gasteiger partial charge in [-0.2, -0.15) is 13.2 Å². The number of rotatable bonds is 7. The van der Waals surface area contributed by atoms with Crippen molar-refractivity contribution in [3.63, 3.8) is 0 Å². The van der Waals surface area contributed by atoms with Gasteiger partial charge in [-0.15, -0.1) is 0 Å². The van der Waals surface area contributed by atoms with Gasteiger partial charge >= 0.3 is 12.1 Å². The van der Waals surface area contributed by atoms with Gasteiger partial charge in [0.05, 0.1) is 23.6 Å². The molecule has 0 atom stereocenters. The maximum absolute atomic E-state index is 12.3. The predicted octanol–water partition coefficient (Wildman–Crippen LogP) is 3.33. The van der Waals surface area contributed by atoms with Crippen molar-refractivity contribution in [3.8, 4) is 5.75 Å². The van der Waals surface area contributed by atoms with Gasteiger partial charge < -0.3 is 14.4 Å². The predicted molar refractivity (Wildman–Crippen MR) is 81.2 cm³/mol. The monoisotopic (exact) mass is 387 g/mol. The number of amides is 1. The van der Waals surface area contributed by atoms with Crippen molar-refractivity contribution in [3.05, 3.63) is 28.2 Å². The molecule has 1 amide bonds. The SMILES string of the molecule is COC(=O)CN(CCC(F)(F)F)C(=O)COc1ccc(Cl)c(Cl)c1. The van der Waals surface area contributed by atoms with Crippen LogP contribution in [0.5, 0.6) is 5.75 Å². The third-order valence-electron chi connectivity index (χ3n) is 2.82. The highest BCUT2D eigenvalue weighted by molar-refractivity contribution is 6.42. The number of benzene rings is 1. The highest BCUT2D eigenvalue weighted by Gasteiger charge is 2.30. The fourth-order valence-electron chi connectivity index (χ4n) is 1.58. The molecule has 0 saturated heterocycles. The summed E-state index contributed by atoms with van der Waals surface area (Å²) in [4.78, 5) is 24.0. The van der Waals surface area contributed by atoms with Gasteiger partial charge in [-0.1, -0.05) is 23.2 Å². The molecule has 0 radical (unpaired) electrons. The molecule has 1 aromatic rings. The van der Waals surface area contributed by atoms with Crippen LogP contribution >= 0.6 is 23.2 Å². The maximum atomic E-state index is 12.3. The van der Waals surface area contributed by atoms with Crippen LogP contribution in [0.15, 0.2) is 18.2 Å². The van der Waals surface area contributed by atoms with Crippen LogP contribution in [-0.4, -0.2) is 49.8 Å². The summed E-state index contributed by atoms with van der Waals surface area (Å²) in [6.45, 7) is -1.84. The summed E-state index contributed by atoms with van der Waals surface area (Å²) < 4.78 is 46.5. The minimum absolute atomic E-state index is 0.199. The molecule has 24 heavy (non-hydrogen) atoms. The number of ether oxygens (including phenoxy) is 2. The molecule has 10 heteroatoms. The Morgan fingerprint density at radius 1 is 1.21 bits per heavy atom. The number of alkyl halides is 3. The minimum atomic E-state index is -4.46. The number of hydrogen-bond acceptors (Lipinski definition) is 4. The van der Waals surface area contributed by atoms with Crippen molar-refractivity contribution in [1.29, 1.82) is 0 Å². The van der Waals surface area contributed by atoms with Crippen LogP contribution in [-0.2, 0) is 14.3 Å². The highest BCUT2D eigenvalue weighted by Crippen LogP contribution is 2.26. The van der Waals surface area contributed by atoms with E-state index in [9.17, 15) is 22.8 Å². The van der Waals surface area contributed by atoms with Crippen LogP contribution in [0.1, 0.15) is 6.42 Å². The number of carbonyl (C=O) groups is 2. The molecule has 0 N–H and O–H groups in total. The van der Waals surface area contributed by atoms with E-state index in [-0.39, 0.29) is 15.8 Å². The Balaban J connectivity index is 2.68. The van der Waals surface area contributed by atoms with Gasteiger partial charge in [0.2, 0.25) is 0 Å². The van der Waals surface area contributed by atoms with E-state index in [1.54, 1.807) is 0 Å². The number of esters is 1. The standard InChI is InChI=1S/C14H14Cl2F3NO4/c1-23-13(22)7-20(5-4-14(17,18)19)12(21)8-24-9-2-3-10(15)11(16)6-9/h2-3,6H,4-5,7-8H2,1H3. The van der Waals surface area contributed by atoms with E-state index in [0.717, 1.165) is 12.0 Å². The number of hydrogen-bond donors (Lipinski definition) is 0. The fraction of sp³-hybridized carbons (Fsp3) is 0.429. The molecule has 0 unspecified atom stereocenters. The maximum Gasteiger partial charge on any atom is 0.390 e. The lowest BCUT2D eigenvalue weighted by molar-refractivity contribution is -0.154. The normalized spacial score (nSPS) is 11.1. The van der Waals surface area contributed by atoms with Gasteiger partial charge in [-0.25, -0.2) is 0 Å². The first kappa shape index (κ1) is 20.4. The molecule has 1 aromatic carbocycles. The minimum Gasteiger partial charge on any atom is -0.484 e. The van der Waals surface area contributed by atoms with Gasteiger partial charge in [0.25, 0.3) is 5.91 Å². The van der Waals surface area contributed by atoms with E-state index >= 15 is 0 Å². The zero-order valence-electron chi connectivity index (χ0n) is 12.5. The van der Waals surface area contributed by atoms with Crippen LogP contribution in [0.4, 0.5) is 13.2 Å². The van der Waals surface area contributed by atoms with E-state index in [0.29, 0.717) is 0 Å². The van der Waals surface area contributed by atoms with Crippen LogP contribution in [0.2, 0.25) is 10.0 Å². The van der Waals surface area contributed by atoms with Gasteiger partial charge in [0.15, 0.2) is 6.61 Å². The molecule has 0 spiro atoms. The van der Waals surface area contributed by atoms with E-state index in [4.69, 9.17) is 27.9 Å². The summed E-state index contributed by atoms with van der Waals surface area (Å²) in [5, 5.41) is 0.484. The molecule has 0 heterocycles. The number of halogens is 5. The number of nitrogens with zero attached hydrogens (tertiary/aromatic N) is 1. The van der Waals surface area contributed by atoms with E-state index in [1.165, 1.54) is 18.2 Å². The average molecular weight is 388 g/mol. The molecular weight excluding hydrogens is 374 g/mol. The molecule has 0 fully saturated rings. The summed E-state index contributed by atoms with van der Waals surface area (Å²) >= 11 is 11.5. The van der Waals surface area contributed by atoms with Crippen molar-refractivity contribution < 1.29 is 32.2 Å². The molecule has 0 aliphatic carbocycles. The zero-order chi connectivity index (χ0) is 18.3. The van der Waals surface area contributed by atoms with Crippen LogP contribution in [0.25, 0.3) is 0 Å². The molecular formula is C14H14Cl2F3NO4. The number of methoxy groups -OCH3 is 1. The van der Waals surface area contributed by atoms with Crippen molar-refractivity contribution in [2.45, 2.75) is 12.6 Å². The molecule has 0 aromatic heterocycles. The summed E-state index contributed by atoms with van der Waals surface area (Å²) in [5.74, 6) is -1.41. The fourth-order valence-corrected chi connectivity index (χ4v) is 1.87. The highest BCUT2D eigenvalue weighted by atomic mass is 35.5. The first-order valence-corrected chi connectivity index (χ1v) is 7.37. The van der Waals surface area contributed by atoms with Crippen molar-refractivity contribution in [2.24, 2.45) is 0 Å². The first-order chi connectivity index (χ1) is 11.1. The van der Waals surface area contributed by atoms with Gasteiger partial charge in [-0.3, -0.25) is 9.59 Å². The van der Waals surface area contributed by atoms with E-state index in [1.807, 2.05) is 0 Å². The van der Waals surface area contributed by atoms with Gasteiger partial charge in [0.1, 0.15) is 12.3 Å². The number of carbonyl (C=O) groups excluding carboxylic acids is 2. The van der Waals surface area contributed by atoms with E-state index in [2.05, 4.69) is 4.74 Å².